The van der Waals surface area contributed by atoms with E-state index in [0.717, 1.165) is 0 Å². The van der Waals surface area contributed by atoms with E-state index < -0.39 is 0 Å². The van der Waals surface area contributed by atoms with Crippen LogP contribution in [0.4, 0.5) is 0 Å². The second-order valence-corrected chi connectivity index (χ2v) is 2.72. The van der Waals surface area contributed by atoms with Crippen molar-refractivity contribution in [2.75, 3.05) is 7.11 Å². The molecule has 0 saturated heterocycles. The molecule has 0 fully saturated rings. The van der Waals surface area contributed by atoms with E-state index in [9.17, 15) is 0 Å². The SMILES string of the molecule is COc1nc(C)ncc1C/C(N)=N/O. The van der Waals surface area contributed by atoms with Crippen molar-refractivity contribution in [1.29, 1.82) is 0 Å². The maximum Gasteiger partial charge on any atom is 0.220 e. The maximum atomic E-state index is 8.40. The Labute approximate surface area is 81.4 Å². The number of ether oxygens (including phenoxy) is 1. The zero-order valence-electron chi connectivity index (χ0n) is 8.06. The van der Waals surface area contributed by atoms with Crippen molar-refractivity contribution in [3.8, 4) is 5.88 Å². The van der Waals surface area contributed by atoms with Gasteiger partial charge in [-0.25, -0.2) is 4.98 Å². The summed E-state index contributed by atoms with van der Waals surface area (Å²) in [6.45, 7) is 1.76. The molecule has 76 valence electrons. The molecule has 0 aliphatic carbocycles. The molecule has 1 heterocycles. The smallest absolute Gasteiger partial charge is 0.220 e. The van der Waals surface area contributed by atoms with Gasteiger partial charge in [-0.3, -0.25) is 0 Å². The van der Waals surface area contributed by atoms with Gasteiger partial charge in [-0.15, -0.1) is 0 Å². The molecule has 1 rings (SSSR count). The lowest BCUT2D eigenvalue weighted by atomic mass is 10.2. The molecule has 0 bridgehead atoms. The largest absolute Gasteiger partial charge is 0.481 e. The Morgan fingerprint density at radius 1 is 1.71 bits per heavy atom. The molecule has 0 radical (unpaired) electrons. The molecule has 0 aliphatic rings. The Bertz CT molecular complexity index is 351. The van der Waals surface area contributed by atoms with Crippen molar-refractivity contribution in [1.82, 2.24) is 9.97 Å². The van der Waals surface area contributed by atoms with Gasteiger partial charge < -0.3 is 15.7 Å². The number of hydrogen-bond donors (Lipinski definition) is 2. The first-order chi connectivity index (χ1) is 6.67. The van der Waals surface area contributed by atoms with Crippen LogP contribution in [0.1, 0.15) is 11.4 Å². The summed E-state index contributed by atoms with van der Waals surface area (Å²) in [6, 6.07) is 0. The summed E-state index contributed by atoms with van der Waals surface area (Å²) in [7, 11) is 1.51. The second-order valence-electron chi connectivity index (χ2n) is 2.72. The number of oxime groups is 1. The molecule has 1 aromatic heterocycles. The fourth-order valence-electron chi connectivity index (χ4n) is 1.00. The molecule has 0 amide bonds. The fraction of sp³-hybridized carbons (Fsp3) is 0.375. The summed E-state index contributed by atoms with van der Waals surface area (Å²) in [4.78, 5) is 8.05. The molecule has 0 aromatic carbocycles. The van der Waals surface area contributed by atoms with E-state index in [1.807, 2.05) is 0 Å². The van der Waals surface area contributed by atoms with Gasteiger partial charge in [0.15, 0.2) is 0 Å². The van der Waals surface area contributed by atoms with Crippen molar-refractivity contribution in [2.24, 2.45) is 10.9 Å². The first-order valence-electron chi connectivity index (χ1n) is 4.00. The molecule has 0 aliphatic heterocycles. The molecular weight excluding hydrogens is 184 g/mol. The van der Waals surface area contributed by atoms with E-state index in [4.69, 9.17) is 15.7 Å². The van der Waals surface area contributed by atoms with E-state index >= 15 is 0 Å². The molecule has 6 heteroatoms. The lowest BCUT2D eigenvalue weighted by Crippen LogP contribution is -2.16. The van der Waals surface area contributed by atoms with Gasteiger partial charge in [0.1, 0.15) is 11.7 Å². The first kappa shape index (κ1) is 10.2. The Kier molecular flexibility index (Phi) is 3.22. The fourth-order valence-corrected chi connectivity index (χ4v) is 1.00. The zero-order valence-corrected chi connectivity index (χ0v) is 8.06. The minimum Gasteiger partial charge on any atom is -0.481 e. The topological polar surface area (TPSA) is 93.6 Å². The lowest BCUT2D eigenvalue weighted by molar-refractivity contribution is 0.317. The third-order valence-electron chi connectivity index (χ3n) is 1.64. The van der Waals surface area contributed by atoms with Gasteiger partial charge in [-0.1, -0.05) is 5.16 Å². The molecule has 0 spiro atoms. The van der Waals surface area contributed by atoms with Gasteiger partial charge in [0.05, 0.1) is 7.11 Å². The Morgan fingerprint density at radius 2 is 2.43 bits per heavy atom. The number of aryl methyl sites for hydroxylation is 1. The van der Waals surface area contributed by atoms with Gasteiger partial charge >= 0.3 is 0 Å². The van der Waals surface area contributed by atoms with E-state index in [2.05, 4.69) is 15.1 Å². The highest BCUT2D eigenvalue weighted by Gasteiger charge is 2.07. The standard InChI is InChI=1S/C8H12N4O2/c1-5-10-4-6(3-7(9)12-13)8(11-5)14-2/h4,13H,3H2,1-2H3,(H2,9,12). The Balaban J connectivity index is 2.96. The lowest BCUT2D eigenvalue weighted by Gasteiger charge is -2.06. The number of amidine groups is 1. The van der Waals surface area contributed by atoms with Gasteiger partial charge in [0, 0.05) is 18.2 Å². The van der Waals surface area contributed by atoms with Crippen molar-refractivity contribution in [3.05, 3.63) is 17.6 Å². The molecule has 0 atom stereocenters. The van der Waals surface area contributed by atoms with Crippen LogP contribution in [-0.2, 0) is 6.42 Å². The number of hydrogen-bond acceptors (Lipinski definition) is 5. The van der Waals surface area contributed by atoms with Crippen LogP contribution in [0.15, 0.2) is 11.4 Å². The summed E-state index contributed by atoms with van der Waals surface area (Å²) in [6.07, 6.45) is 1.86. The van der Waals surface area contributed by atoms with Gasteiger partial charge in [0.25, 0.3) is 0 Å². The minimum atomic E-state index is 0.0933. The van der Waals surface area contributed by atoms with Gasteiger partial charge in [-0.05, 0) is 6.92 Å². The van der Waals surface area contributed by atoms with E-state index in [1.165, 1.54) is 7.11 Å². The summed E-state index contributed by atoms with van der Waals surface area (Å²) < 4.78 is 5.03. The average Bonchev–Trinajstić information content (AvgIpc) is 2.20. The molecule has 0 saturated carbocycles. The minimum absolute atomic E-state index is 0.0933. The maximum absolute atomic E-state index is 8.40. The number of nitrogens with zero attached hydrogens (tertiary/aromatic N) is 3. The Morgan fingerprint density at radius 3 is 3.00 bits per heavy atom. The zero-order chi connectivity index (χ0) is 10.6. The third-order valence-corrected chi connectivity index (χ3v) is 1.64. The first-order valence-corrected chi connectivity index (χ1v) is 4.00. The van der Waals surface area contributed by atoms with Crippen molar-refractivity contribution < 1.29 is 9.94 Å². The van der Waals surface area contributed by atoms with Crippen molar-refractivity contribution >= 4 is 5.84 Å². The predicted octanol–water partition coefficient (Wildman–Crippen LogP) is 0.0825. The highest BCUT2D eigenvalue weighted by atomic mass is 16.5. The van der Waals surface area contributed by atoms with Crippen LogP contribution in [0, 0.1) is 6.92 Å². The predicted molar refractivity (Wildman–Crippen MR) is 50.4 cm³/mol. The van der Waals surface area contributed by atoms with Crippen LogP contribution in [0.5, 0.6) is 5.88 Å². The van der Waals surface area contributed by atoms with Gasteiger partial charge in [-0.2, -0.15) is 4.98 Å². The number of nitrogens with two attached hydrogens (primary N) is 1. The summed E-state index contributed by atoms with van der Waals surface area (Å²) in [5.41, 5.74) is 6.04. The molecular formula is C8H12N4O2. The van der Waals surface area contributed by atoms with Crippen molar-refractivity contribution in [3.63, 3.8) is 0 Å². The number of rotatable bonds is 3. The highest BCUT2D eigenvalue weighted by Crippen LogP contribution is 2.14. The van der Waals surface area contributed by atoms with Crippen LogP contribution < -0.4 is 10.5 Å². The third kappa shape index (κ3) is 2.32. The van der Waals surface area contributed by atoms with E-state index in [-0.39, 0.29) is 12.3 Å². The van der Waals surface area contributed by atoms with Crippen molar-refractivity contribution in [2.45, 2.75) is 13.3 Å². The van der Waals surface area contributed by atoms with Crippen LogP contribution in [-0.4, -0.2) is 28.1 Å². The number of methoxy groups -OCH3 is 1. The monoisotopic (exact) mass is 196 g/mol. The quantitative estimate of drug-likeness (QED) is 0.309. The summed E-state index contributed by atoms with van der Waals surface area (Å²) in [5, 5.41) is 11.3. The molecule has 1 aromatic rings. The molecule has 3 N–H and O–H groups in total. The van der Waals surface area contributed by atoms with E-state index in [1.54, 1.807) is 13.1 Å². The second kappa shape index (κ2) is 4.40. The number of aromatic nitrogens is 2. The molecule has 14 heavy (non-hydrogen) atoms. The van der Waals surface area contributed by atoms with Crippen LogP contribution in [0.2, 0.25) is 0 Å². The average molecular weight is 196 g/mol. The van der Waals surface area contributed by atoms with Crippen LogP contribution >= 0.6 is 0 Å². The Hall–Kier alpha value is -1.85. The molecule has 0 unspecified atom stereocenters. The highest BCUT2D eigenvalue weighted by molar-refractivity contribution is 5.82. The normalized spacial score (nSPS) is 11.4. The summed E-state index contributed by atoms with van der Waals surface area (Å²) in [5.74, 6) is 1.16. The van der Waals surface area contributed by atoms with Crippen LogP contribution in [0.25, 0.3) is 0 Å². The van der Waals surface area contributed by atoms with E-state index in [0.29, 0.717) is 17.3 Å². The van der Waals surface area contributed by atoms with Gasteiger partial charge in [0.2, 0.25) is 5.88 Å². The van der Waals surface area contributed by atoms with Crippen LogP contribution in [0.3, 0.4) is 0 Å². The summed E-state index contributed by atoms with van der Waals surface area (Å²) >= 11 is 0. The molecule has 6 nitrogen and oxygen atoms in total.